The average Bonchev–Trinajstić information content (AvgIpc) is 2.93. The number of aromatic nitrogens is 1. The molecule has 2 aromatic carbocycles. The first kappa shape index (κ1) is 26.9. The minimum Gasteiger partial charge on any atom is -0.369 e. The number of amides is 1. The minimum absolute atomic E-state index is 0.000668. The lowest BCUT2D eigenvalue weighted by Gasteiger charge is -2.44. The van der Waals surface area contributed by atoms with Crippen molar-refractivity contribution in [3.05, 3.63) is 87.8 Å². The second-order valence-electron chi connectivity index (χ2n) is 10.9. The van der Waals surface area contributed by atoms with Crippen LogP contribution in [-0.2, 0) is 6.54 Å². The van der Waals surface area contributed by atoms with Crippen molar-refractivity contribution in [2.75, 3.05) is 42.2 Å². The summed E-state index contributed by atoms with van der Waals surface area (Å²) in [6, 6.07) is 19.6. The number of unbranched alkanes of at least 4 members (excludes halogenated alkanes) is 1. The second-order valence-corrected chi connectivity index (χ2v) is 11.3. The SMILES string of the molecule is CCCCN(C)C(=O)c1ccc(N2CC3CC(C2)c2cccc(=O)n2C3)c(NC(=S)Nc2ccc(C)cc2)c1. The highest BCUT2D eigenvalue weighted by molar-refractivity contribution is 7.80. The van der Waals surface area contributed by atoms with Gasteiger partial charge in [-0.05, 0) is 74.3 Å². The van der Waals surface area contributed by atoms with Gasteiger partial charge in [-0.1, -0.05) is 37.1 Å². The van der Waals surface area contributed by atoms with E-state index in [1.807, 2.05) is 60.1 Å². The summed E-state index contributed by atoms with van der Waals surface area (Å²) in [6.07, 6.45) is 3.08. The number of fused-ring (bicyclic) bond motifs is 4. The quantitative estimate of drug-likeness (QED) is 0.386. The number of thiocarbonyl (C=S) groups is 1. The summed E-state index contributed by atoms with van der Waals surface area (Å²) in [6.45, 7) is 7.28. The Morgan fingerprint density at radius 2 is 1.85 bits per heavy atom. The Bertz CT molecular complexity index is 1420. The van der Waals surface area contributed by atoms with Crippen LogP contribution in [0.15, 0.2) is 65.5 Å². The number of hydrogen-bond donors (Lipinski definition) is 2. The number of aryl methyl sites for hydroxylation is 1. The van der Waals surface area contributed by atoms with Gasteiger partial charge in [-0.2, -0.15) is 0 Å². The van der Waals surface area contributed by atoms with Crippen molar-refractivity contribution in [3.8, 4) is 0 Å². The smallest absolute Gasteiger partial charge is 0.253 e. The summed E-state index contributed by atoms with van der Waals surface area (Å²) in [5.41, 5.74) is 5.73. The first-order valence-corrected chi connectivity index (χ1v) is 14.2. The van der Waals surface area contributed by atoms with E-state index in [9.17, 15) is 9.59 Å². The highest BCUT2D eigenvalue weighted by Gasteiger charge is 2.35. The monoisotopic (exact) mass is 543 g/mol. The maximum absolute atomic E-state index is 13.2. The number of carbonyl (C=O) groups excluding carboxylic acids is 1. The van der Waals surface area contributed by atoms with Crippen LogP contribution in [0, 0.1) is 12.8 Å². The molecule has 204 valence electrons. The molecule has 1 saturated heterocycles. The molecule has 0 saturated carbocycles. The average molecular weight is 544 g/mol. The van der Waals surface area contributed by atoms with Gasteiger partial charge in [0.25, 0.3) is 11.5 Å². The van der Waals surface area contributed by atoms with Crippen molar-refractivity contribution in [3.63, 3.8) is 0 Å². The van der Waals surface area contributed by atoms with Gasteiger partial charge in [0, 0.05) is 62.2 Å². The lowest BCUT2D eigenvalue weighted by atomic mass is 9.83. The fraction of sp³-hybridized carbons (Fsp3) is 0.387. The van der Waals surface area contributed by atoms with Gasteiger partial charge < -0.3 is 25.0 Å². The van der Waals surface area contributed by atoms with Gasteiger partial charge in [-0.15, -0.1) is 0 Å². The fourth-order valence-corrected chi connectivity index (χ4v) is 6.00. The summed E-state index contributed by atoms with van der Waals surface area (Å²) >= 11 is 5.70. The number of nitrogens with one attached hydrogen (secondary N) is 2. The molecule has 1 amide bonds. The van der Waals surface area contributed by atoms with E-state index in [1.54, 1.807) is 11.0 Å². The Morgan fingerprint density at radius 3 is 2.62 bits per heavy atom. The van der Waals surface area contributed by atoms with Crippen LogP contribution in [0.4, 0.5) is 17.1 Å². The van der Waals surface area contributed by atoms with Crippen LogP contribution in [-0.4, -0.2) is 47.2 Å². The van der Waals surface area contributed by atoms with Crippen LogP contribution in [0.3, 0.4) is 0 Å². The van der Waals surface area contributed by atoms with Gasteiger partial charge in [0.1, 0.15) is 0 Å². The molecule has 0 aliphatic carbocycles. The topological polar surface area (TPSA) is 69.6 Å². The van der Waals surface area contributed by atoms with Gasteiger partial charge >= 0.3 is 0 Å². The Balaban J connectivity index is 1.43. The van der Waals surface area contributed by atoms with Crippen molar-refractivity contribution in [1.82, 2.24) is 9.47 Å². The summed E-state index contributed by atoms with van der Waals surface area (Å²) in [5.74, 6) is 0.654. The van der Waals surface area contributed by atoms with Crippen LogP contribution in [0.25, 0.3) is 0 Å². The summed E-state index contributed by atoms with van der Waals surface area (Å²) in [7, 11) is 1.85. The molecule has 0 spiro atoms. The summed E-state index contributed by atoms with van der Waals surface area (Å²) < 4.78 is 1.95. The Kier molecular flexibility index (Phi) is 8.02. The van der Waals surface area contributed by atoms with Gasteiger partial charge in [0.05, 0.1) is 11.4 Å². The van der Waals surface area contributed by atoms with Crippen molar-refractivity contribution >= 4 is 40.3 Å². The van der Waals surface area contributed by atoms with Crippen molar-refractivity contribution in [1.29, 1.82) is 0 Å². The predicted octanol–water partition coefficient (Wildman–Crippen LogP) is 5.46. The lowest BCUT2D eigenvalue weighted by Crippen LogP contribution is -2.47. The first-order chi connectivity index (χ1) is 18.8. The highest BCUT2D eigenvalue weighted by atomic mass is 32.1. The van der Waals surface area contributed by atoms with Crippen LogP contribution in [0.1, 0.15) is 53.7 Å². The highest BCUT2D eigenvalue weighted by Crippen LogP contribution is 2.39. The number of anilines is 3. The standard InChI is InChI=1S/C31H37N5O2S/c1-4-5-15-34(3)30(38)23-11-14-28(26(17-23)33-31(39)32-25-12-9-21(2)10-13-25)35-18-22-16-24(20-35)27-7-6-8-29(37)36(27)19-22/h6-14,17,22,24H,4-5,15-16,18-20H2,1-3H3,(H2,32,33,39). The van der Waals surface area contributed by atoms with Gasteiger partial charge in [0.2, 0.25) is 0 Å². The summed E-state index contributed by atoms with van der Waals surface area (Å²) in [5, 5.41) is 7.14. The number of piperidine rings is 1. The third kappa shape index (κ3) is 6.01. The molecule has 2 unspecified atom stereocenters. The van der Waals surface area contributed by atoms with Crippen LogP contribution in [0.5, 0.6) is 0 Å². The van der Waals surface area contributed by atoms with E-state index in [4.69, 9.17) is 12.2 Å². The number of rotatable bonds is 7. The zero-order valence-corrected chi connectivity index (χ0v) is 23.8. The molecule has 5 rings (SSSR count). The summed E-state index contributed by atoms with van der Waals surface area (Å²) in [4.78, 5) is 29.9. The van der Waals surface area contributed by atoms with Gasteiger partial charge in [-0.3, -0.25) is 9.59 Å². The third-order valence-corrected chi connectivity index (χ3v) is 8.02. The van der Waals surface area contributed by atoms with Crippen molar-refractivity contribution in [2.24, 2.45) is 5.92 Å². The normalized spacial score (nSPS) is 17.8. The minimum atomic E-state index is -0.000668. The molecule has 8 heteroatoms. The second kappa shape index (κ2) is 11.6. The number of benzene rings is 2. The molecule has 3 heterocycles. The number of hydrogen-bond acceptors (Lipinski definition) is 4. The maximum atomic E-state index is 13.2. The molecule has 1 fully saturated rings. The van der Waals surface area contributed by atoms with Crippen molar-refractivity contribution < 1.29 is 4.79 Å². The molecule has 0 radical (unpaired) electrons. The van der Waals surface area contributed by atoms with E-state index >= 15 is 0 Å². The molecule has 2 atom stereocenters. The van der Waals surface area contributed by atoms with Gasteiger partial charge in [0.15, 0.2) is 5.11 Å². The molecule has 39 heavy (non-hydrogen) atoms. The molecule has 2 bridgehead atoms. The Labute approximate surface area is 235 Å². The zero-order valence-electron chi connectivity index (χ0n) is 22.9. The van der Waals surface area contributed by atoms with E-state index in [0.29, 0.717) is 16.6 Å². The molecule has 2 aliphatic heterocycles. The molecule has 2 aliphatic rings. The van der Waals surface area contributed by atoms with E-state index in [0.717, 1.165) is 68.2 Å². The number of nitrogens with zero attached hydrogens (tertiary/aromatic N) is 3. The maximum Gasteiger partial charge on any atom is 0.253 e. The molecular formula is C31H37N5O2S. The predicted molar refractivity (Wildman–Crippen MR) is 163 cm³/mol. The number of carbonyl (C=O) groups is 1. The third-order valence-electron chi connectivity index (χ3n) is 7.82. The van der Waals surface area contributed by atoms with Crippen molar-refractivity contribution in [2.45, 2.75) is 45.6 Å². The lowest BCUT2D eigenvalue weighted by molar-refractivity contribution is 0.0793. The Hall–Kier alpha value is -3.65. The Morgan fingerprint density at radius 1 is 1.05 bits per heavy atom. The first-order valence-electron chi connectivity index (χ1n) is 13.8. The molecule has 1 aromatic heterocycles. The number of pyridine rings is 1. The fourth-order valence-electron chi connectivity index (χ4n) is 5.78. The van der Waals surface area contributed by atoms with E-state index < -0.39 is 0 Å². The van der Waals surface area contributed by atoms with Gasteiger partial charge in [-0.25, -0.2) is 0 Å². The van der Waals surface area contributed by atoms with E-state index in [2.05, 4.69) is 35.4 Å². The van der Waals surface area contributed by atoms with Crippen LogP contribution >= 0.6 is 12.2 Å². The van der Waals surface area contributed by atoms with Crippen LogP contribution < -0.4 is 21.1 Å². The molecular weight excluding hydrogens is 506 g/mol. The molecule has 7 nitrogen and oxygen atoms in total. The molecule has 3 aromatic rings. The van der Waals surface area contributed by atoms with E-state index in [1.165, 1.54) is 5.56 Å². The van der Waals surface area contributed by atoms with E-state index in [-0.39, 0.29) is 17.4 Å². The largest absolute Gasteiger partial charge is 0.369 e. The molecule has 2 N–H and O–H groups in total. The van der Waals surface area contributed by atoms with Crippen LogP contribution in [0.2, 0.25) is 0 Å². The zero-order chi connectivity index (χ0) is 27.5.